The predicted molar refractivity (Wildman–Crippen MR) is 122 cm³/mol. The van der Waals surface area contributed by atoms with Crippen molar-refractivity contribution in [1.29, 1.82) is 0 Å². The van der Waals surface area contributed by atoms with Crippen molar-refractivity contribution < 1.29 is 19.7 Å². The van der Waals surface area contributed by atoms with E-state index in [1.807, 2.05) is 19.9 Å². The highest BCUT2D eigenvalue weighted by Gasteiger charge is 2.44. The van der Waals surface area contributed by atoms with Crippen molar-refractivity contribution in [2.45, 2.75) is 116 Å². The van der Waals surface area contributed by atoms with Crippen LogP contribution >= 0.6 is 0 Å². The summed E-state index contributed by atoms with van der Waals surface area (Å²) in [5.74, 6) is 1.10. The van der Waals surface area contributed by atoms with Gasteiger partial charge < -0.3 is 14.9 Å². The molecule has 2 N–H and O–H groups in total. The first kappa shape index (κ1) is 25.1. The van der Waals surface area contributed by atoms with Gasteiger partial charge in [0.05, 0.1) is 18.3 Å². The third-order valence-corrected chi connectivity index (χ3v) is 6.65. The van der Waals surface area contributed by atoms with E-state index >= 15 is 0 Å². The van der Waals surface area contributed by atoms with E-state index in [0.29, 0.717) is 18.3 Å². The maximum absolute atomic E-state index is 11.6. The smallest absolute Gasteiger partial charge is 0.306 e. The molecule has 0 amide bonds. The van der Waals surface area contributed by atoms with E-state index in [4.69, 9.17) is 4.74 Å². The van der Waals surface area contributed by atoms with Gasteiger partial charge in [-0.15, -0.1) is 0 Å². The molecule has 0 aromatic carbocycles. The molecule has 2 fully saturated rings. The summed E-state index contributed by atoms with van der Waals surface area (Å²) in [6.45, 7) is 5.97. The standard InChI is InChI=1S/C26H44O4/c1-4-5-6-7-8-12-22(27)14-15-23-24-17-20(16-21(24)18-25(23)28)11-9-10-13-26(29)30-19(2)3/h11,14-15,19,21-25,27-28H,4-10,12-13,16-18H2,1-3H3/t21-,22-,23+,24-,25+/m0/s1. The molecule has 0 unspecified atom stereocenters. The van der Waals surface area contributed by atoms with Gasteiger partial charge in [0, 0.05) is 12.3 Å². The van der Waals surface area contributed by atoms with Crippen molar-refractivity contribution in [3.8, 4) is 0 Å². The highest BCUT2D eigenvalue weighted by molar-refractivity contribution is 5.69. The molecule has 0 saturated heterocycles. The number of hydrogen-bond acceptors (Lipinski definition) is 4. The number of fused-ring (bicyclic) bond motifs is 1. The van der Waals surface area contributed by atoms with Crippen LogP contribution in [-0.4, -0.2) is 34.5 Å². The van der Waals surface area contributed by atoms with Crippen molar-refractivity contribution in [2.24, 2.45) is 17.8 Å². The number of carbonyl (C=O) groups is 1. The Kier molecular flexibility index (Phi) is 11.2. The van der Waals surface area contributed by atoms with Gasteiger partial charge in [-0.1, -0.05) is 62.8 Å². The van der Waals surface area contributed by atoms with Crippen LogP contribution in [0, 0.1) is 17.8 Å². The van der Waals surface area contributed by atoms with Crippen LogP contribution in [0.15, 0.2) is 23.8 Å². The second-order valence-corrected chi connectivity index (χ2v) is 9.66. The number of carbonyl (C=O) groups excluding carboxylic acids is 1. The zero-order valence-electron chi connectivity index (χ0n) is 19.4. The van der Waals surface area contributed by atoms with Crippen LogP contribution in [0.1, 0.15) is 97.8 Å². The fourth-order valence-electron chi connectivity index (χ4n) is 5.12. The van der Waals surface area contributed by atoms with E-state index in [1.165, 1.54) is 31.3 Å². The van der Waals surface area contributed by atoms with Gasteiger partial charge in [0.15, 0.2) is 0 Å². The Bertz CT molecular complexity index is 565. The molecular formula is C26H44O4. The summed E-state index contributed by atoms with van der Waals surface area (Å²) in [5.41, 5.74) is 1.48. The molecule has 0 bridgehead atoms. The monoisotopic (exact) mass is 420 g/mol. The van der Waals surface area contributed by atoms with Crippen molar-refractivity contribution >= 4 is 5.97 Å². The number of allylic oxidation sites excluding steroid dienone is 2. The van der Waals surface area contributed by atoms with Gasteiger partial charge in [0.25, 0.3) is 0 Å². The van der Waals surface area contributed by atoms with Crippen LogP contribution < -0.4 is 0 Å². The largest absolute Gasteiger partial charge is 0.463 e. The van der Waals surface area contributed by atoms with Gasteiger partial charge in [0.1, 0.15) is 0 Å². The minimum absolute atomic E-state index is 0.0407. The molecule has 2 rings (SSSR count). The molecule has 2 saturated carbocycles. The van der Waals surface area contributed by atoms with Gasteiger partial charge in [-0.25, -0.2) is 0 Å². The Hall–Kier alpha value is -1.13. The number of esters is 1. The molecule has 30 heavy (non-hydrogen) atoms. The Labute approximate surface area is 183 Å². The Morgan fingerprint density at radius 3 is 2.67 bits per heavy atom. The molecule has 2 aliphatic carbocycles. The van der Waals surface area contributed by atoms with Crippen LogP contribution in [0.3, 0.4) is 0 Å². The van der Waals surface area contributed by atoms with Crippen LogP contribution in [0.5, 0.6) is 0 Å². The van der Waals surface area contributed by atoms with Gasteiger partial charge >= 0.3 is 5.97 Å². The molecular weight excluding hydrogens is 376 g/mol. The average molecular weight is 421 g/mol. The lowest BCUT2D eigenvalue weighted by molar-refractivity contribution is -0.147. The molecule has 0 heterocycles. The first-order valence-electron chi connectivity index (χ1n) is 12.3. The lowest BCUT2D eigenvalue weighted by atomic mass is 9.90. The summed E-state index contributed by atoms with van der Waals surface area (Å²) in [5, 5.41) is 20.8. The third-order valence-electron chi connectivity index (χ3n) is 6.65. The van der Waals surface area contributed by atoms with Gasteiger partial charge in [0.2, 0.25) is 0 Å². The van der Waals surface area contributed by atoms with Crippen molar-refractivity contribution in [1.82, 2.24) is 0 Å². The molecule has 0 spiro atoms. The van der Waals surface area contributed by atoms with E-state index in [0.717, 1.165) is 44.9 Å². The summed E-state index contributed by atoms with van der Waals surface area (Å²) < 4.78 is 5.18. The summed E-state index contributed by atoms with van der Waals surface area (Å²) in [6, 6.07) is 0. The second kappa shape index (κ2) is 13.3. The van der Waals surface area contributed by atoms with Crippen LogP contribution in [0.2, 0.25) is 0 Å². The minimum atomic E-state index is -0.389. The summed E-state index contributed by atoms with van der Waals surface area (Å²) in [7, 11) is 0. The molecule has 0 aromatic heterocycles. The summed E-state index contributed by atoms with van der Waals surface area (Å²) in [6.07, 6.45) is 17.7. The molecule has 2 aliphatic rings. The summed E-state index contributed by atoms with van der Waals surface area (Å²) >= 11 is 0. The van der Waals surface area contributed by atoms with Gasteiger partial charge in [-0.05, 0) is 64.2 Å². The van der Waals surface area contributed by atoms with Crippen molar-refractivity contribution in [3.63, 3.8) is 0 Å². The fourth-order valence-corrected chi connectivity index (χ4v) is 5.12. The van der Waals surface area contributed by atoms with E-state index in [-0.39, 0.29) is 30.2 Å². The number of aliphatic hydroxyl groups excluding tert-OH is 2. The fraction of sp³-hybridized carbons (Fsp3) is 0.808. The maximum atomic E-state index is 11.6. The second-order valence-electron chi connectivity index (χ2n) is 9.66. The first-order chi connectivity index (χ1) is 14.4. The summed E-state index contributed by atoms with van der Waals surface area (Å²) in [4.78, 5) is 11.6. The van der Waals surface area contributed by atoms with E-state index in [9.17, 15) is 15.0 Å². The third kappa shape index (κ3) is 8.55. The topological polar surface area (TPSA) is 66.8 Å². The lowest BCUT2D eigenvalue weighted by Crippen LogP contribution is -2.17. The maximum Gasteiger partial charge on any atom is 0.306 e. The molecule has 4 heteroatoms. The Balaban J connectivity index is 1.73. The number of aliphatic hydroxyl groups is 2. The quantitative estimate of drug-likeness (QED) is 0.227. The first-order valence-corrected chi connectivity index (χ1v) is 12.3. The Morgan fingerprint density at radius 1 is 1.17 bits per heavy atom. The van der Waals surface area contributed by atoms with Crippen molar-refractivity contribution in [3.05, 3.63) is 23.8 Å². The van der Waals surface area contributed by atoms with E-state index in [1.54, 1.807) is 0 Å². The van der Waals surface area contributed by atoms with Crippen LogP contribution in [-0.2, 0) is 9.53 Å². The molecule has 5 atom stereocenters. The minimum Gasteiger partial charge on any atom is -0.463 e. The molecule has 4 nitrogen and oxygen atoms in total. The number of hydrogen-bond donors (Lipinski definition) is 2. The normalized spacial score (nSPS) is 28.5. The number of ether oxygens (including phenoxy) is 1. The molecule has 0 aromatic rings. The Morgan fingerprint density at radius 2 is 1.93 bits per heavy atom. The van der Waals surface area contributed by atoms with Crippen LogP contribution in [0.4, 0.5) is 0 Å². The highest BCUT2D eigenvalue weighted by atomic mass is 16.5. The average Bonchev–Trinajstić information content (AvgIpc) is 3.19. The SMILES string of the molecule is CCCCCCC[C@H](O)C=C[C@@H]1[C@H]2CC(=CCCCC(=O)OC(C)C)C[C@H]2C[C@H]1O. The highest BCUT2D eigenvalue weighted by Crippen LogP contribution is 2.50. The van der Waals surface area contributed by atoms with Gasteiger partial charge in [-0.3, -0.25) is 4.79 Å². The molecule has 172 valence electrons. The molecule has 0 aliphatic heterocycles. The van der Waals surface area contributed by atoms with Gasteiger partial charge in [-0.2, -0.15) is 0 Å². The number of rotatable bonds is 13. The van der Waals surface area contributed by atoms with Crippen molar-refractivity contribution in [2.75, 3.05) is 0 Å². The lowest BCUT2D eigenvalue weighted by Gasteiger charge is -2.17. The zero-order chi connectivity index (χ0) is 21.9. The van der Waals surface area contributed by atoms with Crippen LogP contribution in [0.25, 0.3) is 0 Å². The number of unbranched alkanes of at least 4 members (excludes halogenated alkanes) is 5. The van der Waals surface area contributed by atoms with E-state index in [2.05, 4.69) is 19.1 Å². The zero-order valence-corrected chi connectivity index (χ0v) is 19.4. The van der Waals surface area contributed by atoms with E-state index < -0.39 is 0 Å². The predicted octanol–water partition coefficient (Wildman–Crippen LogP) is 5.72. The molecule has 0 radical (unpaired) electrons.